The van der Waals surface area contributed by atoms with Crippen LogP contribution in [-0.4, -0.2) is 28.7 Å². The molecule has 1 rings (SSSR count). The molecule has 1 atom stereocenters. The summed E-state index contributed by atoms with van der Waals surface area (Å²) in [6, 6.07) is 2.24. The van der Waals surface area contributed by atoms with E-state index in [1.165, 1.54) is 6.07 Å². The molecule has 1 aromatic rings. The first-order chi connectivity index (χ1) is 7.43. The van der Waals surface area contributed by atoms with Crippen LogP contribution in [0.4, 0.5) is 13.2 Å². The van der Waals surface area contributed by atoms with Gasteiger partial charge in [-0.05, 0) is 12.1 Å². The fourth-order valence-electron chi connectivity index (χ4n) is 1.09. The maximum Gasteiger partial charge on any atom is 0.435 e. The van der Waals surface area contributed by atoms with Crippen LogP contribution in [0.2, 0.25) is 0 Å². The van der Waals surface area contributed by atoms with E-state index in [1.807, 2.05) is 0 Å². The van der Waals surface area contributed by atoms with Crippen LogP contribution in [0.3, 0.4) is 0 Å². The number of hydrogen-bond donors (Lipinski definition) is 0. The van der Waals surface area contributed by atoms with Crippen LogP contribution in [0.15, 0.2) is 12.1 Å². The summed E-state index contributed by atoms with van der Waals surface area (Å²) in [6.07, 6.45) is -3.97. The first-order valence-electron chi connectivity index (χ1n) is 4.46. The molecule has 3 nitrogen and oxygen atoms in total. The van der Waals surface area contributed by atoms with Crippen LogP contribution in [0.5, 0.6) is 0 Å². The minimum Gasteiger partial charge on any atom is -0.384 e. The van der Waals surface area contributed by atoms with Gasteiger partial charge < -0.3 is 4.74 Å². The lowest BCUT2D eigenvalue weighted by Gasteiger charge is -2.08. The Balaban J connectivity index is 2.65. The van der Waals surface area contributed by atoms with E-state index >= 15 is 0 Å². The Labute approximate surface area is 99.1 Å². The summed E-state index contributed by atoms with van der Waals surface area (Å²) in [7, 11) is 1.55. The lowest BCUT2D eigenvalue weighted by atomic mass is 10.2. The van der Waals surface area contributed by atoms with Crippen molar-refractivity contribution in [3.63, 3.8) is 0 Å². The molecular formula is C9H10BrF3N2O. The molecule has 1 aromatic heterocycles. The summed E-state index contributed by atoms with van der Waals surface area (Å²) in [6.45, 7) is 0.461. The zero-order valence-electron chi connectivity index (χ0n) is 8.46. The summed E-state index contributed by atoms with van der Waals surface area (Å²) in [5, 5.41) is 6.64. The first-order valence-corrected chi connectivity index (χ1v) is 5.38. The Kier molecular flexibility index (Phi) is 4.67. The van der Waals surface area contributed by atoms with E-state index in [9.17, 15) is 13.2 Å². The predicted octanol–water partition coefficient (Wildman–Crippen LogP) is 2.45. The van der Waals surface area contributed by atoms with E-state index < -0.39 is 11.9 Å². The molecule has 0 N–H and O–H groups in total. The number of nitrogens with zero attached hydrogens (tertiary/aromatic N) is 2. The van der Waals surface area contributed by atoms with Crippen molar-refractivity contribution in [1.29, 1.82) is 0 Å². The van der Waals surface area contributed by atoms with Gasteiger partial charge in [0.25, 0.3) is 0 Å². The van der Waals surface area contributed by atoms with Crippen LogP contribution in [0.1, 0.15) is 11.4 Å². The van der Waals surface area contributed by atoms with E-state index in [0.717, 1.165) is 6.07 Å². The SMILES string of the molecule is COCC(Br)Cc1ccc(C(F)(F)F)nn1. The molecule has 0 aromatic carbocycles. The Hall–Kier alpha value is -0.690. The molecular weight excluding hydrogens is 289 g/mol. The smallest absolute Gasteiger partial charge is 0.384 e. The standard InChI is InChI=1S/C9H10BrF3N2O/c1-16-5-6(10)4-7-2-3-8(15-14-7)9(11,12)13/h2-3,6H,4-5H2,1H3. The molecule has 0 spiro atoms. The lowest BCUT2D eigenvalue weighted by Crippen LogP contribution is -2.14. The summed E-state index contributed by atoms with van der Waals surface area (Å²) >= 11 is 3.32. The highest BCUT2D eigenvalue weighted by Crippen LogP contribution is 2.26. The van der Waals surface area contributed by atoms with Gasteiger partial charge in [0.1, 0.15) is 0 Å². The second-order valence-corrected chi connectivity index (χ2v) is 4.46. The Morgan fingerprint density at radius 1 is 1.38 bits per heavy atom. The van der Waals surface area contributed by atoms with Crippen molar-refractivity contribution in [1.82, 2.24) is 10.2 Å². The van der Waals surface area contributed by atoms with Gasteiger partial charge in [-0.15, -0.1) is 5.10 Å². The molecule has 16 heavy (non-hydrogen) atoms. The fourth-order valence-corrected chi connectivity index (χ4v) is 1.68. The van der Waals surface area contributed by atoms with Crippen molar-refractivity contribution in [3.8, 4) is 0 Å². The number of aromatic nitrogens is 2. The minimum absolute atomic E-state index is 0.0172. The van der Waals surface area contributed by atoms with Gasteiger partial charge in [0.15, 0.2) is 5.69 Å². The third kappa shape index (κ3) is 4.05. The average Bonchev–Trinajstić information content (AvgIpc) is 2.17. The second kappa shape index (κ2) is 5.58. The molecule has 0 amide bonds. The maximum absolute atomic E-state index is 12.2. The third-order valence-corrected chi connectivity index (χ3v) is 2.38. The molecule has 90 valence electrons. The van der Waals surface area contributed by atoms with Crippen molar-refractivity contribution < 1.29 is 17.9 Å². The monoisotopic (exact) mass is 298 g/mol. The normalized spacial score (nSPS) is 13.8. The van der Waals surface area contributed by atoms with Crippen LogP contribution in [0.25, 0.3) is 0 Å². The molecule has 0 aliphatic carbocycles. The number of hydrogen-bond acceptors (Lipinski definition) is 3. The quantitative estimate of drug-likeness (QED) is 0.801. The van der Waals surface area contributed by atoms with Gasteiger partial charge in [-0.2, -0.15) is 18.3 Å². The van der Waals surface area contributed by atoms with Gasteiger partial charge in [-0.3, -0.25) is 0 Å². The average molecular weight is 299 g/mol. The number of methoxy groups -OCH3 is 1. The molecule has 0 radical (unpaired) electrons. The highest BCUT2D eigenvalue weighted by molar-refractivity contribution is 9.09. The second-order valence-electron chi connectivity index (χ2n) is 3.16. The van der Waals surface area contributed by atoms with Gasteiger partial charge in [0.05, 0.1) is 12.3 Å². The number of rotatable bonds is 4. The molecule has 1 unspecified atom stereocenters. The van der Waals surface area contributed by atoms with E-state index in [2.05, 4.69) is 26.1 Å². The van der Waals surface area contributed by atoms with Crippen LogP contribution in [-0.2, 0) is 17.3 Å². The number of alkyl halides is 4. The van der Waals surface area contributed by atoms with E-state index in [4.69, 9.17) is 4.74 Å². The zero-order chi connectivity index (χ0) is 12.2. The van der Waals surface area contributed by atoms with Gasteiger partial charge in [-0.1, -0.05) is 15.9 Å². The highest BCUT2D eigenvalue weighted by atomic mass is 79.9. The molecule has 0 saturated heterocycles. The van der Waals surface area contributed by atoms with Crippen molar-refractivity contribution in [2.45, 2.75) is 17.4 Å². The van der Waals surface area contributed by atoms with Crippen molar-refractivity contribution in [2.75, 3.05) is 13.7 Å². The summed E-state index contributed by atoms with van der Waals surface area (Å²) in [5.74, 6) is 0. The summed E-state index contributed by atoms with van der Waals surface area (Å²) < 4.78 is 41.4. The molecule has 1 heterocycles. The van der Waals surface area contributed by atoms with Gasteiger partial charge in [0, 0.05) is 18.4 Å². The molecule has 0 aliphatic rings. The number of ether oxygens (including phenoxy) is 1. The molecule has 0 aliphatic heterocycles. The summed E-state index contributed by atoms with van der Waals surface area (Å²) in [4.78, 5) is 0.0172. The largest absolute Gasteiger partial charge is 0.435 e. The highest BCUT2D eigenvalue weighted by Gasteiger charge is 2.32. The zero-order valence-corrected chi connectivity index (χ0v) is 10.0. The van der Waals surface area contributed by atoms with Crippen LogP contribution in [0, 0.1) is 0 Å². The Bertz CT molecular complexity index is 329. The predicted molar refractivity (Wildman–Crippen MR) is 55.3 cm³/mol. The van der Waals surface area contributed by atoms with Crippen LogP contribution >= 0.6 is 15.9 Å². The topological polar surface area (TPSA) is 35.0 Å². The van der Waals surface area contributed by atoms with Gasteiger partial charge in [0.2, 0.25) is 0 Å². The fraction of sp³-hybridized carbons (Fsp3) is 0.556. The van der Waals surface area contributed by atoms with E-state index in [-0.39, 0.29) is 4.83 Å². The van der Waals surface area contributed by atoms with Crippen molar-refractivity contribution >= 4 is 15.9 Å². The van der Waals surface area contributed by atoms with E-state index in [0.29, 0.717) is 18.7 Å². The number of halogens is 4. The minimum atomic E-state index is -4.44. The van der Waals surface area contributed by atoms with Crippen LogP contribution < -0.4 is 0 Å². The molecule has 0 saturated carbocycles. The molecule has 0 fully saturated rings. The Morgan fingerprint density at radius 3 is 2.50 bits per heavy atom. The van der Waals surface area contributed by atoms with Crippen molar-refractivity contribution in [2.24, 2.45) is 0 Å². The summed E-state index contributed by atoms with van der Waals surface area (Å²) in [5.41, 5.74) is -0.485. The Morgan fingerprint density at radius 2 is 2.06 bits per heavy atom. The van der Waals surface area contributed by atoms with Gasteiger partial charge >= 0.3 is 6.18 Å². The molecule has 0 bridgehead atoms. The third-order valence-electron chi connectivity index (χ3n) is 1.79. The first kappa shape index (κ1) is 13.4. The molecule has 7 heteroatoms. The lowest BCUT2D eigenvalue weighted by molar-refractivity contribution is -0.141. The van der Waals surface area contributed by atoms with E-state index in [1.54, 1.807) is 7.11 Å². The van der Waals surface area contributed by atoms with Gasteiger partial charge in [-0.25, -0.2) is 0 Å². The van der Waals surface area contributed by atoms with Crippen molar-refractivity contribution in [3.05, 3.63) is 23.5 Å². The maximum atomic E-state index is 12.2.